The van der Waals surface area contributed by atoms with Crippen LogP contribution in [-0.2, 0) is 10.7 Å². The van der Waals surface area contributed by atoms with Gasteiger partial charge in [-0.15, -0.1) is 0 Å². The first-order valence-corrected chi connectivity index (χ1v) is 8.11. The molecule has 0 aliphatic heterocycles. The van der Waals surface area contributed by atoms with Gasteiger partial charge in [0.05, 0.1) is 18.7 Å². The minimum absolute atomic E-state index is 0.179. The van der Waals surface area contributed by atoms with E-state index in [1.54, 1.807) is 6.07 Å². The lowest BCUT2D eigenvalue weighted by molar-refractivity contribution is -0.0317. The molecule has 2 rings (SSSR count). The van der Waals surface area contributed by atoms with E-state index in [-0.39, 0.29) is 12.2 Å². The normalized spacial score (nSPS) is 14.0. The molecule has 0 amide bonds. The highest BCUT2D eigenvalue weighted by atomic mass is 79.9. The van der Waals surface area contributed by atoms with Gasteiger partial charge >= 0.3 is 5.92 Å². The van der Waals surface area contributed by atoms with Crippen molar-refractivity contribution in [2.75, 3.05) is 13.7 Å². The van der Waals surface area contributed by atoms with Crippen molar-refractivity contribution >= 4 is 15.9 Å². The number of nitriles is 1. The number of alkyl halides is 2. The molecule has 2 aromatic carbocycles. The number of rotatable bonds is 7. The van der Waals surface area contributed by atoms with Crippen molar-refractivity contribution in [3.8, 4) is 6.07 Å². The molecule has 2 atom stereocenters. The van der Waals surface area contributed by atoms with Gasteiger partial charge in [-0.1, -0.05) is 58.4 Å². The predicted octanol–water partition coefficient (Wildman–Crippen LogP) is 4.41. The zero-order valence-corrected chi connectivity index (χ0v) is 14.6. The van der Waals surface area contributed by atoms with Crippen LogP contribution >= 0.6 is 15.9 Å². The molecule has 1 unspecified atom stereocenters. The summed E-state index contributed by atoms with van der Waals surface area (Å²) in [6.07, 6.45) is 0. The van der Waals surface area contributed by atoms with Gasteiger partial charge in [0.2, 0.25) is 0 Å². The molecule has 3 nitrogen and oxygen atoms in total. The molecule has 2 aromatic rings. The van der Waals surface area contributed by atoms with E-state index >= 15 is 0 Å². The molecule has 0 spiro atoms. The van der Waals surface area contributed by atoms with Gasteiger partial charge < -0.3 is 4.74 Å². The van der Waals surface area contributed by atoms with Crippen LogP contribution < -0.4 is 5.32 Å². The number of ether oxygens (including phenoxy) is 1. The van der Waals surface area contributed by atoms with Crippen LogP contribution in [0.1, 0.15) is 17.2 Å². The van der Waals surface area contributed by atoms with Crippen molar-refractivity contribution in [3.63, 3.8) is 0 Å². The monoisotopic (exact) mass is 394 g/mol. The molecule has 24 heavy (non-hydrogen) atoms. The minimum Gasteiger partial charge on any atom is -0.383 e. The average molecular weight is 395 g/mol. The van der Waals surface area contributed by atoms with Crippen molar-refractivity contribution in [1.29, 1.82) is 5.26 Å². The van der Waals surface area contributed by atoms with Crippen LogP contribution in [0, 0.1) is 11.3 Å². The SMILES string of the molecule is COC[C@@H](NC(C#N)C(F)(F)c1ccc(Br)cc1)c1ccccc1. The van der Waals surface area contributed by atoms with Gasteiger partial charge in [0.15, 0.2) is 6.04 Å². The summed E-state index contributed by atoms with van der Waals surface area (Å²) < 4.78 is 35.3. The van der Waals surface area contributed by atoms with E-state index in [0.717, 1.165) is 5.56 Å². The molecular weight excluding hydrogens is 378 g/mol. The number of halogens is 3. The smallest absolute Gasteiger partial charge is 0.301 e. The number of nitrogens with one attached hydrogen (secondary N) is 1. The molecule has 6 heteroatoms. The summed E-state index contributed by atoms with van der Waals surface area (Å²) in [5.74, 6) is -3.34. The van der Waals surface area contributed by atoms with Gasteiger partial charge in [-0.2, -0.15) is 14.0 Å². The Kier molecular flexibility index (Phi) is 6.44. The maximum Gasteiger partial charge on any atom is 0.301 e. The molecule has 126 valence electrons. The van der Waals surface area contributed by atoms with E-state index in [9.17, 15) is 14.0 Å². The summed E-state index contributed by atoms with van der Waals surface area (Å²) in [6, 6.07) is 14.3. The number of hydrogen-bond acceptors (Lipinski definition) is 3. The standard InChI is InChI=1S/C18H17BrF2N2O/c1-24-12-16(13-5-3-2-4-6-13)23-17(11-22)18(20,21)14-7-9-15(19)10-8-14/h2-10,16-17,23H,12H2,1H3/t16-,17?/m1/s1. The van der Waals surface area contributed by atoms with Gasteiger partial charge in [-0.25, -0.2) is 0 Å². The Morgan fingerprint density at radius 1 is 1.17 bits per heavy atom. The predicted molar refractivity (Wildman–Crippen MR) is 91.6 cm³/mol. The zero-order chi connectivity index (χ0) is 17.6. The van der Waals surface area contributed by atoms with Crippen LogP contribution in [0.3, 0.4) is 0 Å². The Morgan fingerprint density at radius 2 is 1.79 bits per heavy atom. The highest BCUT2D eigenvalue weighted by Gasteiger charge is 2.42. The molecule has 0 aliphatic carbocycles. The van der Waals surface area contributed by atoms with Crippen LogP contribution in [0.4, 0.5) is 8.78 Å². The summed E-state index contributed by atoms with van der Waals surface area (Å²) in [6.45, 7) is 0.179. The highest BCUT2D eigenvalue weighted by molar-refractivity contribution is 9.10. The Bertz CT molecular complexity index is 686. The summed E-state index contributed by atoms with van der Waals surface area (Å²) in [5.41, 5.74) is 0.570. The Balaban J connectivity index is 2.25. The molecule has 0 saturated heterocycles. The van der Waals surface area contributed by atoms with Crippen molar-refractivity contribution in [3.05, 3.63) is 70.2 Å². The quantitative estimate of drug-likeness (QED) is 0.756. The lowest BCUT2D eigenvalue weighted by Gasteiger charge is -2.27. The third-order valence-corrected chi connectivity index (χ3v) is 4.15. The number of hydrogen-bond donors (Lipinski definition) is 1. The summed E-state index contributed by atoms with van der Waals surface area (Å²) >= 11 is 3.22. The van der Waals surface area contributed by atoms with Crippen LogP contribution in [0.2, 0.25) is 0 Å². The van der Waals surface area contributed by atoms with E-state index in [1.165, 1.54) is 31.4 Å². The largest absolute Gasteiger partial charge is 0.383 e. The Labute approximate surface area is 148 Å². The molecule has 0 radical (unpaired) electrons. The van der Waals surface area contributed by atoms with Crippen molar-refractivity contribution in [2.45, 2.75) is 18.0 Å². The summed E-state index contributed by atoms with van der Waals surface area (Å²) in [5, 5.41) is 12.0. The van der Waals surface area contributed by atoms with Crippen molar-refractivity contribution in [2.24, 2.45) is 0 Å². The second kappa shape index (κ2) is 8.34. The van der Waals surface area contributed by atoms with Crippen molar-refractivity contribution < 1.29 is 13.5 Å². The van der Waals surface area contributed by atoms with Gasteiger partial charge in [-0.05, 0) is 17.7 Å². The van der Waals surface area contributed by atoms with Gasteiger partial charge in [0.25, 0.3) is 0 Å². The average Bonchev–Trinajstić information content (AvgIpc) is 2.59. The summed E-state index contributed by atoms with van der Waals surface area (Å²) in [7, 11) is 1.49. The lowest BCUT2D eigenvalue weighted by atomic mass is 9.99. The number of nitrogens with zero attached hydrogens (tertiary/aromatic N) is 1. The molecule has 0 bridgehead atoms. The van der Waals surface area contributed by atoms with Crippen LogP contribution in [0.25, 0.3) is 0 Å². The van der Waals surface area contributed by atoms with Crippen LogP contribution in [-0.4, -0.2) is 19.8 Å². The van der Waals surface area contributed by atoms with Gasteiger partial charge in [0.1, 0.15) is 0 Å². The summed E-state index contributed by atoms with van der Waals surface area (Å²) in [4.78, 5) is 0. The minimum atomic E-state index is -3.34. The fraction of sp³-hybridized carbons (Fsp3) is 0.278. The first-order valence-electron chi connectivity index (χ1n) is 7.32. The van der Waals surface area contributed by atoms with E-state index in [2.05, 4.69) is 21.2 Å². The Morgan fingerprint density at radius 3 is 2.33 bits per heavy atom. The van der Waals surface area contributed by atoms with Crippen LogP contribution in [0.5, 0.6) is 0 Å². The van der Waals surface area contributed by atoms with E-state index in [0.29, 0.717) is 4.47 Å². The number of methoxy groups -OCH3 is 1. The third kappa shape index (κ3) is 4.38. The van der Waals surface area contributed by atoms with Gasteiger partial charge in [0, 0.05) is 17.1 Å². The third-order valence-electron chi connectivity index (χ3n) is 3.62. The molecular formula is C18H17BrF2N2O. The van der Waals surface area contributed by atoms with Gasteiger partial charge in [-0.3, -0.25) is 5.32 Å². The van der Waals surface area contributed by atoms with Crippen LogP contribution in [0.15, 0.2) is 59.1 Å². The molecule has 0 aliphatic rings. The van der Waals surface area contributed by atoms with E-state index < -0.39 is 18.0 Å². The zero-order valence-electron chi connectivity index (χ0n) is 13.0. The molecule has 0 heterocycles. The van der Waals surface area contributed by atoms with E-state index in [4.69, 9.17) is 4.74 Å². The first kappa shape index (κ1) is 18.5. The maximum absolute atomic E-state index is 14.7. The van der Waals surface area contributed by atoms with Crippen molar-refractivity contribution in [1.82, 2.24) is 5.32 Å². The Hall–Kier alpha value is -1.81. The fourth-order valence-electron chi connectivity index (χ4n) is 2.36. The van der Waals surface area contributed by atoms with E-state index in [1.807, 2.05) is 30.3 Å². The molecule has 0 fully saturated rings. The fourth-order valence-corrected chi connectivity index (χ4v) is 2.62. The lowest BCUT2D eigenvalue weighted by Crippen LogP contribution is -2.45. The molecule has 1 N–H and O–H groups in total. The second-order valence-electron chi connectivity index (χ2n) is 5.28. The highest BCUT2D eigenvalue weighted by Crippen LogP contribution is 2.33. The topological polar surface area (TPSA) is 45.0 Å². The molecule has 0 aromatic heterocycles. The first-order chi connectivity index (χ1) is 11.5. The second-order valence-corrected chi connectivity index (χ2v) is 6.19. The maximum atomic E-state index is 14.7. The number of benzene rings is 2. The molecule has 0 saturated carbocycles.